The van der Waals surface area contributed by atoms with Gasteiger partial charge in [-0.15, -0.1) is 11.3 Å². The monoisotopic (exact) mass is 502 g/mol. The lowest BCUT2D eigenvalue weighted by molar-refractivity contribution is 0.0720. The number of nitrogens with one attached hydrogen (secondary N) is 1. The maximum absolute atomic E-state index is 13.6. The minimum atomic E-state index is -0.110. The lowest BCUT2D eigenvalue weighted by atomic mass is 10.1. The average molecular weight is 503 g/mol. The summed E-state index contributed by atoms with van der Waals surface area (Å²) in [7, 11) is 3.93. The standard InChI is InChI=1S/C24H31ClN6O2S/c1-6-31-22(17-9-8-16(29(4)5)12-18(17)25)27-15(3)21(23(31)32)28-19-13-30(14-20(19)33-7-2)24-26-10-11-34-24/h8-12,19-20,28H,6-7,13-14H2,1-5H3/t19?,20-/m0/s1. The summed E-state index contributed by atoms with van der Waals surface area (Å²) >= 11 is 8.22. The Kier molecular flexibility index (Phi) is 7.45. The summed E-state index contributed by atoms with van der Waals surface area (Å²) in [6, 6.07) is 5.73. The number of aromatic nitrogens is 3. The van der Waals surface area contributed by atoms with Crippen molar-refractivity contribution in [2.45, 2.75) is 39.5 Å². The van der Waals surface area contributed by atoms with Crippen LogP contribution in [-0.2, 0) is 11.3 Å². The molecule has 3 aromatic rings. The number of benzene rings is 1. The summed E-state index contributed by atoms with van der Waals surface area (Å²) in [5.41, 5.74) is 2.76. The first-order chi connectivity index (χ1) is 16.3. The van der Waals surface area contributed by atoms with Crippen LogP contribution in [0.25, 0.3) is 11.4 Å². The van der Waals surface area contributed by atoms with Gasteiger partial charge in [0.2, 0.25) is 0 Å². The van der Waals surface area contributed by atoms with Crippen LogP contribution in [0.1, 0.15) is 19.5 Å². The van der Waals surface area contributed by atoms with E-state index in [2.05, 4.69) is 15.2 Å². The Morgan fingerprint density at radius 3 is 2.71 bits per heavy atom. The summed E-state index contributed by atoms with van der Waals surface area (Å²) < 4.78 is 7.69. The molecule has 1 unspecified atom stereocenters. The molecule has 182 valence electrons. The normalized spacial score (nSPS) is 17.9. The fourth-order valence-electron chi connectivity index (χ4n) is 4.30. The third-order valence-corrected chi connectivity index (χ3v) is 7.19. The zero-order chi connectivity index (χ0) is 24.4. The van der Waals surface area contributed by atoms with Crippen molar-refractivity contribution in [2.24, 2.45) is 0 Å². The number of hydrogen-bond acceptors (Lipinski definition) is 8. The SMILES string of the molecule is CCO[C@H]1CN(c2nccs2)CC1Nc1c(C)nc(-c2ccc(N(C)C)cc2Cl)n(CC)c1=O. The number of halogens is 1. The van der Waals surface area contributed by atoms with E-state index < -0.39 is 0 Å². The Hall–Kier alpha value is -2.62. The Labute approximate surface area is 209 Å². The molecule has 0 radical (unpaired) electrons. The molecule has 1 fully saturated rings. The van der Waals surface area contributed by atoms with Crippen LogP contribution in [0.3, 0.4) is 0 Å². The molecule has 4 rings (SSSR count). The second-order valence-corrected chi connectivity index (χ2v) is 9.75. The molecule has 2 aromatic heterocycles. The van der Waals surface area contributed by atoms with Crippen molar-refractivity contribution >= 4 is 39.4 Å². The van der Waals surface area contributed by atoms with Gasteiger partial charge >= 0.3 is 0 Å². The van der Waals surface area contributed by atoms with Gasteiger partial charge in [-0.3, -0.25) is 9.36 Å². The van der Waals surface area contributed by atoms with Gasteiger partial charge in [-0.25, -0.2) is 9.97 Å². The number of hydrogen-bond donors (Lipinski definition) is 1. The van der Waals surface area contributed by atoms with E-state index in [0.717, 1.165) is 22.9 Å². The summed E-state index contributed by atoms with van der Waals surface area (Å²) in [5, 5.41) is 6.96. The minimum Gasteiger partial charge on any atom is -0.378 e. The van der Waals surface area contributed by atoms with Gasteiger partial charge in [-0.1, -0.05) is 11.6 Å². The van der Waals surface area contributed by atoms with Gasteiger partial charge in [0.05, 0.1) is 22.9 Å². The summed E-state index contributed by atoms with van der Waals surface area (Å²) in [4.78, 5) is 27.1. The van der Waals surface area contributed by atoms with Crippen LogP contribution in [-0.4, -0.2) is 60.5 Å². The van der Waals surface area contributed by atoms with Gasteiger partial charge in [0.15, 0.2) is 5.13 Å². The molecule has 2 atom stereocenters. The van der Waals surface area contributed by atoms with E-state index in [-0.39, 0.29) is 17.7 Å². The van der Waals surface area contributed by atoms with E-state index in [9.17, 15) is 4.79 Å². The first-order valence-corrected chi connectivity index (χ1v) is 12.7. The number of thiazole rings is 1. The molecule has 8 nitrogen and oxygen atoms in total. The maximum Gasteiger partial charge on any atom is 0.277 e. The molecule has 0 bridgehead atoms. The topological polar surface area (TPSA) is 75.5 Å². The summed E-state index contributed by atoms with van der Waals surface area (Å²) in [6.07, 6.45) is 1.75. The fraction of sp³-hybridized carbons (Fsp3) is 0.458. The van der Waals surface area contributed by atoms with Gasteiger partial charge < -0.3 is 19.9 Å². The van der Waals surface area contributed by atoms with Crippen molar-refractivity contribution in [3.8, 4) is 11.4 Å². The number of rotatable bonds is 8. The van der Waals surface area contributed by atoms with Gasteiger partial charge in [-0.05, 0) is 39.0 Å². The Morgan fingerprint density at radius 2 is 2.09 bits per heavy atom. The van der Waals surface area contributed by atoms with Crippen LogP contribution in [0.4, 0.5) is 16.5 Å². The Morgan fingerprint density at radius 1 is 1.29 bits per heavy atom. The molecule has 0 aliphatic carbocycles. The first-order valence-electron chi connectivity index (χ1n) is 11.4. The number of anilines is 3. The fourth-order valence-corrected chi connectivity index (χ4v) is 5.22. The zero-order valence-electron chi connectivity index (χ0n) is 20.2. The van der Waals surface area contributed by atoms with Gasteiger partial charge in [-0.2, -0.15) is 0 Å². The highest BCUT2D eigenvalue weighted by Crippen LogP contribution is 2.31. The van der Waals surface area contributed by atoms with Gasteiger partial charge in [0.25, 0.3) is 5.56 Å². The van der Waals surface area contributed by atoms with E-state index in [1.807, 2.05) is 63.3 Å². The molecule has 1 aromatic carbocycles. The van der Waals surface area contributed by atoms with Crippen molar-refractivity contribution in [1.82, 2.24) is 14.5 Å². The maximum atomic E-state index is 13.6. The smallest absolute Gasteiger partial charge is 0.277 e. The molecule has 0 spiro atoms. The molecule has 0 saturated carbocycles. The van der Waals surface area contributed by atoms with E-state index in [1.165, 1.54) is 0 Å². The lowest BCUT2D eigenvalue weighted by Crippen LogP contribution is -2.38. The minimum absolute atomic E-state index is 0.0591. The van der Waals surface area contributed by atoms with Gasteiger partial charge in [0.1, 0.15) is 11.5 Å². The quantitative estimate of drug-likeness (QED) is 0.496. The third kappa shape index (κ3) is 4.78. The molecule has 10 heteroatoms. The van der Waals surface area contributed by atoms with Crippen molar-refractivity contribution in [2.75, 3.05) is 48.9 Å². The van der Waals surface area contributed by atoms with E-state index in [1.54, 1.807) is 22.1 Å². The summed E-state index contributed by atoms with van der Waals surface area (Å²) in [6.45, 7) is 8.29. The highest BCUT2D eigenvalue weighted by Gasteiger charge is 2.35. The van der Waals surface area contributed by atoms with Crippen LogP contribution in [0.2, 0.25) is 5.02 Å². The highest BCUT2D eigenvalue weighted by molar-refractivity contribution is 7.13. The molecule has 1 saturated heterocycles. The van der Waals surface area contributed by atoms with E-state index in [4.69, 9.17) is 21.3 Å². The molecule has 1 aliphatic rings. The van der Waals surface area contributed by atoms with Crippen LogP contribution in [0, 0.1) is 6.92 Å². The van der Waals surface area contributed by atoms with Crippen LogP contribution in [0.15, 0.2) is 34.6 Å². The molecular weight excluding hydrogens is 472 g/mol. The van der Waals surface area contributed by atoms with Crippen molar-refractivity contribution in [3.05, 3.63) is 50.8 Å². The molecule has 34 heavy (non-hydrogen) atoms. The van der Waals surface area contributed by atoms with E-state index >= 15 is 0 Å². The molecule has 3 heterocycles. The predicted octanol–water partition coefficient (Wildman–Crippen LogP) is 4.12. The van der Waals surface area contributed by atoms with Crippen molar-refractivity contribution in [3.63, 3.8) is 0 Å². The highest BCUT2D eigenvalue weighted by atomic mass is 35.5. The van der Waals surface area contributed by atoms with Crippen LogP contribution < -0.4 is 20.7 Å². The largest absolute Gasteiger partial charge is 0.378 e. The Balaban J connectivity index is 1.68. The number of ether oxygens (including phenoxy) is 1. The lowest BCUT2D eigenvalue weighted by Gasteiger charge is -2.23. The molecular formula is C24H31ClN6O2S. The zero-order valence-corrected chi connectivity index (χ0v) is 21.8. The third-order valence-electron chi connectivity index (χ3n) is 6.04. The van der Waals surface area contributed by atoms with Crippen molar-refractivity contribution in [1.29, 1.82) is 0 Å². The predicted molar refractivity (Wildman–Crippen MR) is 141 cm³/mol. The van der Waals surface area contributed by atoms with Crippen LogP contribution in [0.5, 0.6) is 0 Å². The Bertz CT molecular complexity index is 1200. The molecule has 1 N–H and O–H groups in total. The number of nitrogens with zero attached hydrogens (tertiary/aromatic N) is 5. The van der Waals surface area contributed by atoms with Crippen molar-refractivity contribution < 1.29 is 4.74 Å². The second-order valence-electron chi connectivity index (χ2n) is 8.47. The average Bonchev–Trinajstić information content (AvgIpc) is 3.47. The van der Waals surface area contributed by atoms with Crippen LogP contribution >= 0.6 is 22.9 Å². The number of aryl methyl sites for hydroxylation is 1. The summed E-state index contributed by atoms with van der Waals surface area (Å²) in [5.74, 6) is 0.572. The van der Waals surface area contributed by atoms with Gasteiger partial charge in [0, 0.05) is 63.2 Å². The van der Waals surface area contributed by atoms with E-state index in [0.29, 0.717) is 41.9 Å². The second kappa shape index (κ2) is 10.3. The first kappa shape index (κ1) is 24.5. The molecule has 1 aliphatic heterocycles. The molecule has 0 amide bonds.